The minimum absolute atomic E-state index is 0.771. The molecule has 26 heavy (non-hydrogen) atoms. The average molecular weight is 378 g/mol. The first-order chi connectivity index (χ1) is 12.8. The Bertz CT molecular complexity index is 1070. The number of pyridine rings is 1. The summed E-state index contributed by atoms with van der Waals surface area (Å²) in [7, 11) is 0. The zero-order valence-corrected chi connectivity index (χ0v) is 15.9. The zero-order chi connectivity index (χ0) is 17.3. The number of aromatic nitrogens is 2. The highest BCUT2D eigenvalue weighted by Crippen LogP contribution is 2.37. The standard InChI is InChI=1S/C21H19N3S2/c1-2-4-15(3-1)26-16-6-7-18-17(12-16)19(9-10-22-18)24-14-5-8-21-20(11-14)23-13-25-21/h5-13,15H,1-4H2,(H,22,24). The molecule has 0 saturated heterocycles. The molecule has 1 saturated carbocycles. The van der Waals surface area contributed by atoms with Crippen LogP contribution in [0.15, 0.2) is 59.1 Å². The SMILES string of the molecule is c1cc(Nc2ccc3scnc3c2)c2cc(SC3CCCC3)ccc2n1. The van der Waals surface area contributed by atoms with Gasteiger partial charge in [0.25, 0.3) is 0 Å². The van der Waals surface area contributed by atoms with E-state index in [-0.39, 0.29) is 0 Å². The molecule has 5 rings (SSSR count). The van der Waals surface area contributed by atoms with Crippen LogP contribution in [0, 0.1) is 0 Å². The summed E-state index contributed by atoms with van der Waals surface area (Å²) in [5.74, 6) is 0. The highest BCUT2D eigenvalue weighted by Gasteiger charge is 2.16. The van der Waals surface area contributed by atoms with Crippen molar-refractivity contribution in [1.82, 2.24) is 9.97 Å². The molecule has 0 radical (unpaired) electrons. The molecule has 2 heterocycles. The number of anilines is 2. The molecule has 0 unspecified atom stereocenters. The van der Waals surface area contributed by atoms with Crippen LogP contribution in [0.1, 0.15) is 25.7 Å². The molecule has 0 aliphatic heterocycles. The van der Waals surface area contributed by atoms with Crippen LogP contribution >= 0.6 is 23.1 Å². The molecule has 1 N–H and O–H groups in total. The molecule has 1 fully saturated rings. The van der Waals surface area contributed by atoms with E-state index in [0.717, 1.165) is 27.7 Å². The summed E-state index contributed by atoms with van der Waals surface area (Å²) in [6, 6.07) is 15.0. The molecule has 130 valence electrons. The average Bonchev–Trinajstić information content (AvgIpc) is 3.33. The minimum Gasteiger partial charge on any atom is -0.355 e. The van der Waals surface area contributed by atoms with Gasteiger partial charge in [0.2, 0.25) is 0 Å². The second-order valence-electron chi connectivity index (χ2n) is 6.72. The largest absolute Gasteiger partial charge is 0.355 e. The molecule has 1 aliphatic rings. The van der Waals surface area contributed by atoms with Gasteiger partial charge in [-0.15, -0.1) is 23.1 Å². The lowest BCUT2D eigenvalue weighted by molar-refractivity contribution is 0.886. The summed E-state index contributed by atoms with van der Waals surface area (Å²) >= 11 is 3.69. The molecule has 3 nitrogen and oxygen atoms in total. The third kappa shape index (κ3) is 3.17. The highest BCUT2D eigenvalue weighted by atomic mass is 32.2. The fourth-order valence-corrected chi connectivity index (χ4v) is 5.54. The van der Waals surface area contributed by atoms with Gasteiger partial charge < -0.3 is 5.32 Å². The van der Waals surface area contributed by atoms with Crippen molar-refractivity contribution in [3.8, 4) is 0 Å². The van der Waals surface area contributed by atoms with Crippen LogP contribution in [0.25, 0.3) is 21.1 Å². The summed E-state index contributed by atoms with van der Waals surface area (Å²) < 4.78 is 1.21. The number of nitrogens with zero attached hydrogens (tertiary/aromatic N) is 2. The summed E-state index contributed by atoms with van der Waals surface area (Å²) in [6.07, 6.45) is 7.30. The molecule has 2 aromatic carbocycles. The van der Waals surface area contributed by atoms with E-state index in [1.807, 2.05) is 23.5 Å². The van der Waals surface area contributed by atoms with E-state index in [9.17, 15) is 0 Å². The number of thioether (sulfide) groups is 1. The maximum atomic E-state index is 4.54. The first-order valence-corrected chi connectivity index (χ1v) is 10.8. The molecule has 0 atom stereocenters. The Hall–Kier alpha value is -2.11. The quantitative estimate of drug-likeness (QED) is 0.433. The first-order valence-electron chi connectivity index (χ1n) is 9.01. The Morgan fingerprint density at radius 1 is 0.962 bits per heavy atom. The van der Waals surface area contributed by atoms with Gasteiger partial charge in [0.15, 0.2) is 0 Å². The predicted molar refractivity (Wildman–Crippen MR) is 113 cm³/mol. The van der Waals surface area contributed by atoms with Crippen LogP contribution in [-0.4, -0.2) is 15.2 Å². The summed E-state index contributed by atoms with van der Waals surface area (Å²) in [5, 5.41) is 5.51. The molecule has 0 amide bonds. The van der Waals surface area contributed by atoms with Gasteiger partial charge in [-0.25, -0.2) is 4.98 Å². The van der Waals surface area contributed by atoms with Crippen LogP contribution in [0.4, 0.5) is 11.4 Å². The number of nitrogens with one attached hydrogen (secondary N) is 1. The lowest BCUT2D eigenvalue weighted by Gasteiger charge is -2.12. The van der Waals surface area contributed by atoms with Crippen molar-refractivity contribution in [2.45, 2.75) is 35.8 Å². The Morgan fingerprint density at radius 3 is 2.81 bits per heavy atom. The lowest BCUT2D eigenvalue weighted by atomic mass is 10.2. The number of thiazole rings is 1. The van der Waals surface area contributed by atoms with Gasteiger partial charge in [-0.3, -0.25) is 4.98 Å². The molecule has 0 spiro atoms. The highest BCUT2D eigenvalue weighted by molar-refractivity contribution is 8.00. The molecule has 0 bridgehead atoms. The van der Waals surface area contributed by atoms with Crippen molar-refractivity contribution in [1.29, 1.82) is 0 Å². The van der Waals surface area contributed by atoms with Crippen LogP contribution < -0.4 is 5.32 Å². The molecular weight excluding hydrogens is 358 g/mol. The van der Waals surface area contributed by atoms with E-state index in [1.165, 1.54) is 40.7 Å². The molecule has 2 aromatic heterocycles. The van der Waals surface area contributed by atoms with Crippen molar-refractivity contribution >= 4 is 55.6 Å². The topological polar surface area (TPSA) is 37.8 Å². The van der Waals surface area contributed by atoms with Crippen LogP contribution in [-0.2, 0) is 0 Å². The molecular formula is C21H19N3S2. The Morgan fingerprint density at radius 2 is 1.88 bits per heavy atom. The normalized spacial score (nSPS) is 15.1. The van der Waals surface area contributed by atoms with E-state index in [4.69, 9.17) is 0 Å². The van der Waals surface area contributed by atoms with Gasteiger partial charge in [-0.2, -0.15) is 0 Å². The van der Waals surface area contributed by atoms with Crippen LogP contribution in [0.5, 0.6) is 0 Å². The van der Waals surface area contributed by atoms with Crippen molar-refractivity contribution in [2.24, 2.45) is 0 Å². The molecule has 4 aromatic rings. The number of fused-ring (bicyclic) bond motifs is 2. The molecule has 1 aliphatic carbocycles. The van der Waals surface area contributed by atoms with Crippen molar-refractivity contribution < 1.29 is 0 Å². The van der Waals surface area contributed by atoms with Crippen molar-refractivity contribution in [3.05, 3.63) is 54.2 Å². The summed E-state index contributed by atoms with van der Waals surface area (Å²) in [5.41, 5.74) is 6.11. The number of hydrogen-bond acceptors (Lipinski definition) is 5. The van der Waals surface area contributed by atoms with Gasteiger partial charge in [0, 0.05) is 33.1 Å². The van der Waals surface area contributed by atoms with E-state index in [0.29, 0.717) is 0 Å². The predicted octanol–water partition coefficient (Wildman–Crippen LogP) is 6.62. The number of benzene rings is 2. The van der Waals surface area contributed by atoms with E-state index >= 15 is 0 Å². The maximum absolute atomic E-state index is 4.54. The van der Waals surface area contributed by atoms with E-state index < -0.39 is 0 Å². The number of rotatable bonds is 4. The lowest BCUT2D eigenvalue weighted by Crippen LogP contribution is -1.95. The van der Waals surface area contributed by atoms with Crippen molar-refractivity contribution in [2.75, 3.05) is 5.32 Å². The van der Waals surface area contributed by atoms with Gasteiger partial charge >= 0.3 is 0 Å². The third-order valence-electron chi connectivity index (χ3n) is 4.93. The zero-order valence-electron chi connectivity index (χ0n) is 14.3. The summed E-state index contributed by atoms with van der Waals surface area (Å²) in [4.78, 5) is 10.3. The monoisotopic (exact) mass is 377 g/mol. The smallest absolute Gasteiger partial charge is 0.0832 e. The second-order valence-corrected chi connectivity index (χ2v) is 8.98. The Labute approximate surface area is 160 Å². The molecule has 5 heteroatoms. The van der Waals surface area contributed by atoms with Crippen LogP contribution in [0.3, 0.4) is 0 Å². The van der Waals surface area contributed by atoms with Crippen molar-refractivity contribution in [3.63, 3.8) is 0 Å². The minimum atomic E-state index is 0.771. The second kappa shape index (κ2) is 6.89. The fraction of sp³-hybridized carbons (Fsp3) is 0.238. The Balaban J connectivity index is 1.49. The summed E-state index contributed by atoms with van der Waals surface area (Å²) in [6.45, 7) is 0. The number of hydrogen-bond donors (Lipinski definition) is 1. The van der Waals surface area contributed by atoms with E-state index in [2.05, 4.69) is 57.7 Å². The Kier molecular flexibility index (Phi) is 4.27. The fourth-order valence-electron chi connectivity index (χ4n) is 3.60. The maximum Gasteiger partial charge on any atom is 0.0832 e. The van der Waals surface area contributed by atoms with Gasteiger partial charge in [-0.05, 0) is 55.3 Å². The first kappa shape index (κ1) is 16.1. The van der Waals surface area contributed by atoms with Crippen LogP contribution in [0.2, 0.25) is 0 Å². The van der Waals surface area contributed by atoms with Gasteiger partial charge in [-0.1, -0.05) is 12.8 Å². The van der Waals surface area contributed by atoms with Gasteiger partial charge in [0.05, 0.1) is 21.2 Å². The van der Waals surface area contributed by atoms with E-state index in [1.54, 1.807) is 11.3 Å². The third-order valence-corrected chi connectivity index (χ3v) is 7.07. The van der Waals surface area contributed by atoms with Gasteiger partial charge in [0.1, 0.15) is 0 Å².